The van der Waals surface area contributed by atoms with Crippen LogP contribution in [0.4, 0.5) is 0 Å². The van der Waals surface area contributed by atoms with Crippen LogP contribution >= 0.6 is 24.0 Å². The predicted molar refractivity (Wildman–Crippen MR) is 125 cm³/mol. The molecule has 6 nitrogen and oxygen atoms in total. The van der Waals surface area contributed by atoms with E-state index in [9.17, 15) is 4.79 Å². The quantitative estimate of drug-likeness (QED) is 0.152. The first-order valence-corrected chi connectivity index (χ1v) is 9.75. The van der Waals surface area contributed by atoms with E-state index >= 15 is 0 Å². The maximum Gasteiger partial charge on any atom is 0.220 e. The van der Waals surface area contributed by atoms with Crippen LogP contribution in [0.1, 0.15) is 37.7 Å². The minimum absolute atomic E-state index is 0. The number of para-hydroxylation sites is 1. The number of benzene rings is 1. The van der Waals surface area contributed by atoms with Crippen LogP contribution in [0.3, 0.4) is 0 Å². The van der Waals surface area contributed by atoms with E-state index in [1.54, 1.807) is 13.1 Å². The molecular formula is C21H33IN4O2. The standard InChI is InChI=1S/C21H32N4O2.HI/c1-3-14-27-19-11-7-6-10-18(19)16-25-21(22-2)24-13-12-23-20(26)15-17-8-4-5-9-17;/h3,6-7,10-11,17H,1,4-5,8-9,12-16H2,2H3,(H,23,26)(H2,22,24,25);1H. The van der Waals surface area contributed by atoms with Gasteiger partial charge in [-0.3, -0.25) is 9.79 Å². The number of hydrogen-bond donors (Lipinski definition) is 3. The van der Waals surface area contributed by atoms with Gasteiger partial charge in [-0.2, -0.15) is 0 Å². The maximum atomic E-state index is 11.9. The summed E-state index contributed by atoms with van der Waals surface area (Å²) in [6, 6.07) is 7.88. The number of carbonyl (C=O) groups is 1. The van der Waals surface area contributed by atoms with E-state index < -0.39 is 0 Å². The fourth-order valence-corrected chi connectivity index (χ4v) is 3.27. The summed E-state index contributed by atoms with van der Waals surface area (Å²) >= 11 is 0. The first-order valence-electron chi connectivity index (χ1n) is 9.75. The van der Waals surface area contributed by atoms with Crippen LogP contribution < -0.4 is 20.7 Å². The van der Waals surface area contributed by atoms with E-state index in [-0.39, 0.29) is 29.9 Å². The molecule has 0 atom stereocenters. The van der Waals surface area contributed by atoms with E-state index in [1.165, 1.54) is 25.7 Å². The second kappa shape index (κ2) is 14.3. The summed E-state index contributed by atoms with van der Waals surface area (Å²) in [5, 5.41) is 9.47. The number of aliphatic imine (C=N–C) groups is 1. The lowest BCUT2D eigenvalue weighted by Gasteiger charge is -2.15. The van der Waals surface area contributed by atoms with Crippen molar-refractivity contribution in [2.24, 2.45) is 10.9 Å². The van der Waals surface area contributed by atoms with Crippen molar-refractivity contribution < 1.29 is 9.53 Å². The summed E-state index contributed by atoms with van der Waals surface area (Å²) in [5.74, 6) is 2.26. The summed E-state index contributed by atoms with van der Waals surface area (Å²) in [4.78, 5) is 16.2. The highest BCUT2D eigenvalue weighted by molar-refractivity contribution is 14.0. The predicted octanol–water partition coefficient (Wildman–Crippen LogP) is 3.23. The van der Waals surface area contributed by atoms with Crippen LogP contribution in [-0.2, 0) is 11.3 Å². The van der Waals surface area contributed by atoms with Crippen molar-refractivity contribution in [2.75, 3.05) is 26.7 Å². The topological polar surface area (TPSA) is 74.8 Å². The number of amides is 1. The molecule has 2 rings (SSSR count). The summed E-state index contributed by atoms with van der Waals surface area (Å²) in [7, 11) is 1.73. The van der Waals surface area contributed by atoms with Crippen molar-refractivity contribution in [2.45, 2.75) is 38.6 Å². The Hall–Kier alpha value is -1.77. The monoisotopic (exact) mass is 500 g/mol. The number of carbonyl (C=O) groups excluding carboxylic acids is 1. The normalized spacial score (nSPS) is 14.1. The van der Waals surface area contributed by atoms with Gasteiger partial charge in [-0.15, -0.1) is 24.0 Å². The number of guanidine groups is 1. The number of halogens is 1. The number of nitrogens with one attached hydrogen (secondary N) is 3. The largest absolute Gasteiger partial charge is 0.489 e. The Kier molecular flexibility index (Phi) is 12.4. The van der Waals surface area contributed by atoms with Crippen molar-refractivity contribution in [1.29, 1.82) is 0 Å². The minimum Gasteiger partial charge on any atom is -0.489 e. The zero-order chi connectivity index (χ0) is 19.3. The Morgan fingerprint density at radius 2 is 1.93 bits per heavy atom. The summed E-state index contributed by atoms with van der Waals surface area (Å²) < 4.78 is 5.67. The average molecular weight is 500 g/mol. The molecule has 1 amide bonds. The van der Waals surface area contributed by atoms with Gasteiger partial charge in [0, 0.05) is 38.7 Å². The number of ether oxygens (including phenoxy) is 1. The van der Waals surface area contributed by atoms with Gasteiger partial charge in [0.2, 0.25) is 5.91 Å². The van der Waals surface area contributed by atoms with Crippen molar-refractivity contribution in [1.82, 2.24) is 16.0 Å². The lowest BCUT2D eigenvalue weighted by Crippen LogP contribution is -2.41. The first-order chi connectivity index (χ1) is 13.2. The summed E-state index contributed by atoms with van der Waals surface area (Å²) in [6.07, 6.45) is 7.31. The molecule has 1 aliphatic rings. The first kappa shape index (κ1) is 24.3. The number of hydrogen-bond acceptors (Lipinski definition) is 3. The molecule has 7 heteroatoms. The van der Waals surface area contributed by atoms with Gasteiger partial charge in [0.1, 0.15) is 12.4 Å². The Morgan fingerprint density at radius 1 is 1.21 bits per heavy atom. The third kappa shape index (κ3) is 8.95. The van der Waals surface area contributed by atoms with Crippen molar-refractivity contribution in [3.63, 3.8) is 0 Å². The van der Waals surface area contributed by atoms with Crippen molar-refractivity contribution in [3.8, 4) is 5.75 Å². The van der Waals surface area contributed by atoms with E-state index in [0.29, 0.717) is 44.5 Å². The molecule has 0 unspecified atom stereocenters. The highest BCUT2D eigenvalue weighted by atomic mass is 127. The minimum atomic E-state index is 0. The van der Waals surface area contributed by atoms with E-state index in [1.807, 2.05) is 24.3 Å². The van der Waals surface area contributed by atoms with E-state index in [2.05, 4.69) is 27.5 Å². The molecule has 0 aromatic heterocycles. The van der Waals surface area contributed by atoms with Gasteiger partial charge in [-0.1, -0.05) is 43.7 Å². The molecule has 1 aliphatic carbocycles. The Balaban J connectivity index is 0.00000392. The third-order valence-corrected chi connectivity index (χ3v) is 4.69. The summed E-state index contributed by atoms with van der Waals surface area (Å²) in [5.41, 5.74) is 1.05. The maximum absolute atomic E-state index is 11.9. The van der Waals surface area contributed by atoms with Gasteiger partial charge in [-0.25, -0.2) is 0 Å². The molecule has 156 valence electrons. The second-order valence-corrected chi connectivity index (χ2v) is 6.76. The van der Waals surface area contributed by atoms with Gasteiger partial charge >= 0.3 is 0 Å². The van der Waals surface area contributed by atoms with Gasteiger partial charge in [0.25, 0.3) is 0 Å². The molecule has 1 aromatic carbocycles. The SMILES string of the molecule is C=CCOc1ccccc1CNC(=NC)NCCNC(=O)CC1CCCC1.I. The van der Waals surface area contributed by atoms with Crippen molar-refractivity contribution >= 4 is 35.8 Å². The van der Waals surface area contributed by atoms with Crippen LogP contribution in [0.5, 0.6) is 5.75 Å². The number of nitrogens with zero attached hydrogens (tertiary/aromatic N) is 1. The Labute approximate surface area is 185 Å². The second-order valence-electron chi connectivity index (χ2n) is 6.76. The van der Waals surface area contributed by atoms with Crippen molar-refractivity contribution in [3.05, 3.63) is 42.5 Å². The van der Waals surface area contributed by atoms with E-state index in [4.69, 9.17) is 4.74 Å². The Bertz CT molecular complexity index is 631. The van der Waals surface area contributed by atoms with Gasteiger partial charge in [0.15, 0.2) is 5.96 Å². The van der Waals surface area contributed by atoms with Crippen LogP contribution in [0.25, 0.3) is 0 Å². The molecule has 1 fully saturated rings. The molecule has 0 aliphatic heterocycles. The molecule has 0 radical (unpaired) electrons. The van der Waals surface area contributed by atoms with Crippen LogP contribution in [0.2, 0.25) is 0 Å². The molecule has 1 saturated carbocycles. The van der Waals surface area contributed by atoms with E-state index in [0.717, 1.165) is 11.3 Å². The molecule has 0 bridgehead atoms. The van der Waals surface area contributed by atoms with Crippen LogP contribution in [-0.4, -0.2) is 38.6 Å². The van der Waals surface area contributed by atoms with Gasteiger partial charge in [-0.05, 0) is 24.8 Å². The molecule has 0 saturated heterocycles. The molecule has 3 N–H and O–H groups in total. The molecular weight excluding hydrogens is 467 g/mol. The number of rotatable bonds is 10. The molecule has 0 spiro atoms. The lowest BCUT2D eigenvalue weighted by atomic mass is 10.0. The smallest absolute Gasteiger partial charge is 0.220 e. The lowest BCUT2D eigenvalue weighted by molar-refractivity contribution is -0.121. The summed E-state index contributed by atoms with van der Waals surface area (Å²) in [6.45, 7) is 5.97. The Morgan fingerprint density at radius 3 is 2.64 bits per heavy atom. The van der Waals surface area contributed by atoms with Crippen LogP contribution in [0, 0.1) is 5.92 Å². The van der Waals surface area contributed by atoms with Gasteiger partial charge < -0.3 is 20.7 Å². The fraction of sp³-hybridized carbons (Fsp3) is 0.524. The zero-order valence-electron chi connectivity index (χ0n) is 16.7. The molecule has 1 aromatic rings. The van der Waals surface area contributed by atoms with Crippen LogP contribution in [0.15, 0.2) is 41.9 Å². The average Bonchev–Trinajstić information content (AvgIpc) is 3.19. The molecule has 0 heterocycles. The molecule has 28 heavy (non-hydrogen) atoms. The zero-order valence-corrected chi connectivity index (χ0v) is 19.0. The fourth-order valence-electron chi connectivity index (χ4n) is 3.27. The third-order valence-electron chi connectivity index (χ3n) is 4.69. The van der Waals surface area contributed by atoms with Gasteiger partial charge in [0.05, 0.1) is 0 Å². The highest BCUT2D eigenvalue weighted by Gasteiger charge is 2.17. The highest BCUT2D eigenvalue weighted by Crippen LogP contribution is 2.27.